The van der Waals surface area contributed by atoms with Crippen LogP contribution in [0.25, 0.3) is 28.4 Å². The molecule has 3 N–H and O–H groups in total. The van der Waals surface area contributed by atoms with Gasteiger partial charge in [0.2, 0.25) is 11.8 Å². The summed E-state index contributed by atoms with van der Waals surface area (Å²) in [5, 5.41) is 7.34. The van der Waals surface area contributed by atoms with Crippen molar-refractivity contribution >= 4 is 28.4 Å². The second kappa shape index (κ2) is 10.4. The molecule has 220 valence electrons. The lowest BCUT2D eigenvalue weighted by molar-refractivity contribution is 0.139. The van der Waals surface area contributed by atoms with Gasteiger partial charge in [0.05, 0.1) is 12.0 Å². The van der Waals surface area contributed by atoms with Gasteiger partial charge >= 0.3 is 5.69 Å². The Labute approximate surface area is 238 Å². The number of hydrogen-bond donors (Lipinski definition) is 2. The number of nitrogens with zero attached hydrogens (tertiary/aromatic N) is 8. The molecule has 2 saturated heterocycles. The summed E-state index contributed by atoms with van der Waals surface area (Å²) < 4.78 is 44.4. The van der Waals surface area contributed by atoms with Crippen molar-refractivity contribution < 1.29 is 17.9 Å². The van der Waals surface area contributed by atoms with Crippen LogP contribution in [-0.4, -0.2) is 91.7 Å². The van der Waals surface area contributed by atoms with E-state index in [0.29, 0.717) is 85.6 Å². The van der Waals surface area contributed by atoms with Crippen LogP contribution >= 0.6 is 0 Å². The number of ether oxygens (including phenoxy) is 1. The molecule has 2 fully saturated rings. The molecule has 0 unspecified atom stereocenters. The molecule has 7 rings (SSSR count). The Bertz CT molecular complexity index is 1810. The first-order valence-electron chi connectivity index (χ1n) is 13.8. The number of hydrogen-bond acceptors (Lipinski definition) is 10. The van der Waals surface area contributed by atoms with Gasteiger partial charge in [0, 0.05) is 65.5 Å². The number of piperazine rings is 1. The van der Waals surface area contributed by atoms with Crippen LogP contribution in [0.4, 0.5) is 20.4 Å². The highest BCUT2D eigenvalue weighted by Crippen LogP contribution is 2.27. The van der Waals surface area contributed by atoms with E-state index in [9.17, 15) is 13.6 Å². The molecule has 15 heteroatoms. The van der Waals surface area contributed by atoms with E-state index in [-0.39, 0.29) is 18.2 Å². The molecule has 0 saturated carbocycles. The van der Waals surface area contributed by atoms with Gasteiger partial charge in [-0.2, -0.15) is 9.50 Å². The van der Waals surface area contributed by atoms with Crippen LogP contribution in [0.5, 0.6) is 5.75 Å². The summed E-state index contributed by atoms with van der Waals surface area (Å²) in [6, 6.07) is 8.18. The number of nitrogens with two attached hydrogens (primary N) is 1. The summed E-state index contributed by atoms with van der Waals surface area (Å²) in [6.45, 7) is 4.23. The summed E-state index contributed by atoms with van der Waals surface area (Å²) in [5.74, 6) is 0.858. The number of fused-ring (bicyclic) bond motifs is 3. The van der Waals surface area contributed by atoms with E-state index in [1.165, 1.54) is 21.4 Å². The lowest BCUT2D eigenvalue weighted by Crippen LogP contribution is -2.47. The van der Waals surface area contributed by atoms with E-state index >= 15 is 0 Å². The molecule has 0 aliphatic carbocycles. The summed E-state index contributed by atoms with van der Waals surface area (Å²) in [4.78, 5) is 26.5. The van der Waals surface area contributed by atoms with E-state index in [4.69, 9.17) is 14.9 Å². The molecule has 2 aliphatic heterocycles. The molecule has 42 heavy (non-hydrogen) atoms. The summed E-state index contributed by atoms with van der Waals surface area (Å²) in [7, 11) is 1.67. The van der Waals surface area contributed by atoms with Gasteiger partial charge in [-0.1, -0.05) is 0 Å². The highest BCUT2D eigenvalue weighted by atomic mass is 19.1. The van der Waals surface area contributed by atoms with Crippen LogP contribution in [0.2, 0.25) is 0 Å². The van der Waals surface area contributed by atoms with Crippen molar-refractivity contribution in [2.45, 2.75) is 18.8 Å². The quantitative estimate of drug-likeness (QED) is 0.290. The SMILES string of the molecule is Cn1c(=O)n(CCN2CCN(c3ccc(O[C@@H]4CNC[C@@H]4F)cc3F)CC2)c2nc(N)n3nc(-c4ccco4)nc3c21. The second-order valence-corrected chi connectivity index (χ2v) is 10.6. The van der Waals surface area contributed by atoms with Gasteiger partial charge in [-0.3, -0.25) is 14.0 Å². The Hall–Kier alpha value is -4.50. The first-order chi connectivity index (χ1) is 20.4. The average molecular weight is 581 g/mol. The summed E-state index contributed by atoms with van der Waals surface area (Å²) in [5.41, 5.74) is 7.84. The van der Waals surface area contributed by atoms with Crippen LogP contribution < -0.4 is 26.4 Å². The number of aryl methyl sites for hydroxylation is 1. The van der Waals surface area contributed by atoms with Crippen LogP contribution in [0.1, 0.15) is 0 Å². The Morgan fingerprint density at radius 2 is 1.95 bits per heavy atom. The Morgan fingerprint density at radius 1 is 1.12 bits per heavy atom. The highest BCUT2D eigenvalue weighted by Gasteiger charge is 2.29. The minimum Gasteiger partial charge on any atom is -0.486 e. The maximum Gasteiger partial charge on any atom is 0.330 e. The lowest BCUT2D eigenvalue weighted by Gasteiger charge is -2.36. The van der Waals surface area contributed by atoms with Gasteiger partial charge in [-0.25, -0.2) is 18.6 Å². The Balaban J connectivity index is 1.04. The first-order valence-corrected chi connectivity index (χ1v) is 13.8. The van der Waals surface area contributed by atoms with Crippen LogP contribution in [0, 0.1) is 5.82 Å². The number of alkyl halides is 1. The van der Waals surface area contributed by atoms with E-state index in [1.807, 2.05) is 4.90 Å². The molecule has 0 bridgehead atoms. The van der Waals surface area contributed by atoms with Gasteiger partial charge in [-0.15, -0.1) is 5.10 Å². The fourth-order valence-electron chi connectivity index (χ4n) is 5.69. The van der Waals surface area contributed by atoms with E-state index in [2.05, 4.69) is 25.3 Å². The van der Waals surface area contributed by atoms with Crippen LogP contribution in [0.15, 0.2) is 45.8 Å². The third kappa shape index (κ3) is 4.54. The van der Waals surface area contributed by atoms with E-state index < -0.39 is 18.1 Å². The molecule has 1 aromatic carbocycles. The number of aromatic nitrogens is 6. The zero-order valence-corrected chi connectivity index (χ0v) is 22.9. The van der Waals surface area contributed by atoms with Crippen molar-refractivity contribution in [1.82, 2.24) is 38.9 Å². The number of imidazole rings is 1. The van der Waals surface area contributed by atoms with Crippen LogP contribution in [0.3, 0.4) is 0 Å². The lowest BCUT2D eigenvalue weighted by atomic mass is 10.2. The molecule has 6 heterocycles. The Morgan fingerprint density at radius 3 is 2.67 bits per heavy atom. The predicted molar refractivity (Wildman–Crippen MR) is 151 cm³/mol. The summed E-state index contributed by atoms with van der Waals surface area (Å²) >= 11 is 0. The molecule has 4 aromatic heterocycles. The van der Waals surface area contributed by atoms with Crippen molar-refractivity contribution in [1.29, 1.82) is 0 Å². The molecule has 13 nitrogen and oxygen atoms in total. The molecule has 0 radical (unpaired) electrons. The molecule has 0 amide bonds. The minimum absolute atomic E-state index is 0.110. The topological polar surface area (TPSA) is 137 Å². The predicted octanol–water partition coefficient (Wildman–Crippen LogP) is 1.27. The normalized spacial score (nSPS) is 19.8. The number of furan rings is 1. The van der Waals surface area contributed by atoms with Crippen molar-refractivity contribution in [3.8, 4) is 17.3 Å². The number of halogens is 2. The zero-order chi connectivity index (χ0) is 29.0. The van der Waals surface area contributed by atoms with Gasteiger partial charge in [-0.05, 0) is 24.3 Å². The van der Waals surface area contributed by atoms with E-state index in [0.717, 1.165) is 0 Å². The number of benzene rings is 1. The third-order valence-corrected chi connectivity index (χ3v) is 7.97. The minimum atomic E-state index is -1.11. The molecule has 2 atom stereocenters. The fourth-order valence-corrected chi connectivity index (χ4v) is 5.69. The van der Waals surface area contributed by atoms with Gasteiger partial charge in [0.25, 0.3) is 0 Å². The van der Waals surface area contributed by atoms with Gasteiger partial charge in [0.15, 0.2) is 23.2 Å². The maximum atomic E-state index is 15.0. The molecule has 0 spiro atoms. The van der Waals surface area contributed by atoms with Crippen molar-refractivity contribution in [3.63, 3.8) is 0 Å². The van der Waals surface area contributed by atoms with Gasteiger partial charge in [0.1, 0.15) is 23.2 Å². The zero-order valence-electron chi connectivity index (χ0n) is 22.9. The maximum absolute atomic E-state index is 15.0. The number of nitrogens with one attached hydrogen (secondary N) is 1. The highest BCUT2D eigenvalue weighted by molar-refractivity contribution is 5.88. The number of anilines is 2. The smallest absolute Gasteiger partial charge is 0.330 e. The molecular formula is C27H30F2N10O3. The van der Waals surface area contributed by atoms with Crippen molar-refractivity contribution in [2.75, 3.05) is 56.4 Å². The number of rotatable bonds is 7. The largest absolute Gasteiger partial charge is 0.486 e. The summed E-state index contributed by atoms with van der Waals surface area (Å²) in [6.07, 6.45) is -0.187. The fraction of sp³-hybridized carbons (Fsp3) is 0.407. The monoisotopic (exact) mass is 580 g/mol. The molecule has 5 aromatic rings. The standard InChI is InChI=1S/C27H30F2N10O3/c1-35-22-24(33-26(30)39-25(22)32-23(34-39)20-3-2-12-41-20)38(27(35)40)11-8-36-6-9-37(10-7-36)19-5-4-16(13-17(19)28)42-21-15-31-14-18(21)29/h2-5,12-13,18,21,31H,6-11,14-15H2,1H3,(H2,30,33)/t18-,21+/m0/s1. The Kier molecular flexibility index (Phi) is 6.54. The third-order valence-electron chi connectivity index (χ3n) is 7.97. The van der Waals surface area contributed by atoms with Crippen LogP contribution in [-0.2, 0) is 13.6 Å². The first kappa shape index (κ1) is 26.4. The van der Waals surface area contributed by atoms with E-state index in [1.54, 1.807) is 35.9 Å². The molecule has 2 aliphatic rings. The van der Waals surface area contributed by atoms with Crippen molar-refractivity contribution in [2.24, 2.45) is 7.05 Å². The van der Waals surface area contributed by atoms with Gasteiger partial charge < -0.3 is 25.1 Å². The van der Waals surface area contributed by atoms with Crippen molar-refractivity contribution in [3.05, 3.63) is 52.9 Å². The second-order valence-electron chi connectivity index (χ2n) is 10.6. The molecular weight excluding hydrogens is 550 g/mol. The number of nitrogen functional groups attached to an aromatic ring is 1. The average Bonchev–Trinajstić information content (AvgIpc) is 3.78.